The molecule has 0 aliphatic carbocycles. The predicted octanol–water partition coefficient (Wildman–Crippen LogP) is 1.93. The maximum absolute atomic E-state index is 12.5. The van der Waals surface area contributed by atoms with Gasteiger partial charge in [-0.15, -0.1) is 6.58 Å². The van der Waals surface area contributed by atoms with Crippen LogP contribution in [0.15, 0.2) is 42.0 Å². The summed E-state index contributed by atoms with van der Waals surface area (Å²) in [6, 6.07) is 5.41. The van der Waals surface area contributed by atoms with E-state index in [0.29, 0.717) is 17.1 Å². The summed E-state index contributed by atoms with van der Waals surface area (Å²) in [5.74, 6) is 0.553. The third-order valence-electron chi connectivity index (χ3n) is 4.22. The molecule has 0 radical (unpaired) electrons. The number of sulfone groups is 1. The number of aliphatic imine (C=N–C) groups is 1. The van der Waals surface area contributed by atoms with Crippen LogP contribution in [0.2, 0.25) is 5.02 Å². The van der Waals surface area contributed by atoms with Gasteiger partial charge in [0.15, 0.2) is 9.84 Å². The van der Waals surface area contributed by atoms with Crippen molar-refractivity contribution in [1.82, 2.24) is 9.88 Å². The minimum atomic E-state index is -3.56. The predicted molar refractivity (Wildman–Crippen MR) is 101 cm³/mol. The Labute approximate surface area is 151 Å². The molecule has 3 rings (SSSR count). The van der Waals surface area contributed by atoms with Gasteiger partial charge >= 0.3 is 0 Å². The number of amidine groups is 1. The zero-order valence-corrected chi connectivity index (χ0v) is 15.2. The molecule has 0 bridgehead atoms. The Hall–Kier alpha value is -1.83. The number of nitrogens with zero attached hydrogens (tertiary/aromatic N) is 2. The molecule has 1 aromatic heterocycles. The molecule has 0 fully saturated rings. The van der Waals surface area contributed by atoms with E-state index in [2.05, 4.69) is 16.9 Å². The van der Waals surface area contributed by atoms with Gasteiger partial charge in [-0.05, 0) is 23.8 Å². The van der Waals surface area contributed by atoms with Gasteiger partial charge in [0.1, 0.15) is 11.1 Å². The van der Waals surface area contributed by atoms with Crippen LogP contribution in [0, 0.1) is 0 Å². The summed E-state index contributed by atoms with van der Waals surface area (Å²) in [5.41, 5.74) is 1.49. The fourth-order valence-electron chi connectivity index (χ4n) is 3.09. The van der Waals surface area contributed by atoms with E-state index in [0.717, 1.165) is 29.8 Å². The van der Waals surface area contributed by atoms with Crippen molar-refractivity contribution >= 4 is 38.2 Å². The molecule has 2 heterocycles. The summed E-state index contributed by atoms with van der Waals surface area (Å²) in [7, 11) is -3.56. The quantitative estimate of drug-likeness (QED) is 0.718. The number of aliphatic hydroxyl groups excluding tert-OH is 1. The van der Waals surface area contributed by atoms with E-state index in [9.17, 15) is 8.42 Å². The Morgan fingerprint density at radius 3 is 2.92 bits per heavy atom. The lowest BCUT2D eigenvalue weighted by atomic mass is 10.1. The van der Waals surface area contributed by atoms with Crippen molar-refractivity contribution in [2.24, 2.45) is 4.99 Å². The Kier molecular flexibility index (Phi) is 5.17. The van der Waals surface area contributed by atoms with Crippen LogP contribution in [-0.4, -0.2) is 49.4 Å². The molecule has 134 valence electrons. The highest BCUT2D eigenvalue weighted by Gasteiger charge is 2.27. The highest BCUT2D eigenvalue weighted by Crippen LogP contribution is 2.34. The van der Waals surface area contributed by atoms with Crippen molar-refractivity contribution in [3.05, 3.63) is 47.6 Å². The standard InChI is InChI=1S/C17H20ClN3O3S/c1-2-16(25(23,24)8-7-22)14-10-21(11-17-19-5-6-20-17)15-4-3-12(18)9-13(14)15/h2-4,9-10,16,22H,1,5-8,11H2,(H,19,20). The van der Waals surface area contributed by atoms with Crippen LogP contribution < -0.4 is 5.32 Å². The number of hydrogen-bond donors (Lipinski definition) is 2. The van der Waals surface area contributed by atoms with Gasteiger partial charge in [0.05, 0.1) is 25.4 Å². The largest absolute Gasteiger partial charge is 0.395 e. The Morgan fingerprint density at radius 1 is 1.48 bits per heavy atom. The van der Waals surface area contributed by atoms with E-state index < -0.39 is 21.7 Å². The molecule has 1 unspecified atom stereocenters. The first-order valence-corrected chi connectivity index (χ1v) is 10.1. The molecule has 8 heteroatoms. The second-order valence-electron chi connectivity index (χ2n) is 5.88. The lowest BCUT2D eigenvalue weighted by Gasteiger charge is -2.12. The van der Waals surface area contributed by atoms with Gasteiger partial charge in [-0.3, -0.25) is 4.99 Å². The average Bonchev–Trinajstić information content (AvgIpc) is 3.17. The summed E-state index contributed by atoms with van der Waals surface area (Å²) in [6.45, 7) is 5.35. The van der Waals surface area contributed by atoms with Crippen LogP contribution in [0.3, 0.4) is 0 Å². The number of hydrogen-bond acceptors (Lipinski definition) is 5. The number of nitrogens with one attached hydrogen (secondary N) is 1. The topological polar surface area (TPSA) is 83.7 Å². The third-order valence-corrected chi connectivity index (χ3v) is 6.43. The normalized spacial score (nSPS) is 15.8. The second kappa shape index (κ2) is 7.19. The minimum absolute atomic E-state index is 0.314. The number of aliphatic hydroxyl groups is 1. The number of benzene rings is 1. The van der Waals surface area contributed by atoms with E-state index in [-0.39, 0.29) is 5.75 Å². The molecule has 1 aliphatic heterocycles. The van der Waals surface area contributed by atoms with Crippen molar-refractivity contribution in [2.45, 2.75) is 11.8 Å². The first-order valence-electron chi connectivity index (χ1n) is 7.96. The lowest BCUT2D eigenvalue weighted by Crippen LogP contribution is -2.23. The molecule has 1 aromatic carbocycles. The lowest BCUT2D eigenvalue weighted by molar-refractivity contribution is 0.319. The molecular weight excluding hydrogens is 362 g/mol. The Balaban J connectivity index is 2.13. The number of halogens is 1. The monoisotopic (exact) mass is 381 g/mol. The van der Waals surface area contributed by atoms with E-state index in [1.165, 1.54) is 6.08 Å². The molecule has 1 atom stereocenters. The SMILES string of the molecule is C=CC(c1cn(CC2=NCCN2)c2ccc(Cl)cc12)S(=O)(=O)CCO. The van der Waals surface area contributed by atoms with E-state index >= 15 is 0 Å². The van der Waals surface area contributed by atoms with E-state index in [1.807, 2.05) is 16.8 Å². The van der Waals surface area contributed by atoms with Gasteiger partial charge in [-0.25, -0.2) is 8.42 Å². The second-order valence-corrected chi connectivity index (χ2v) is 8.55. The molecule has 25 heavy (non-hydrogen) atoms. The number of fused-ring (bicyclic) bond motifs is 1. The van der Waals surface area contributed by atoms with Gasteiger partial charge in [-0.2, -0.15) is 0 Å². The van der Waals surface area contributed by atoms with Gasteiger partial charge in [0.25, 0.3) is 0 Å². The van der Waals surface area contributed by atoms with E-state index in [4.69, 9.17) is 16.7 Å². The zero-order valence-electron chi connectivity index (χ0n) is 13.7. The highest BCUT2D eigenvalue weighted by atomic mass is 35.5. The minimum Gasteiger partial charge on any atom is -0.395 e. The van der Waals surface area contributed by atoms with Crippen LogP contribution >= 0.6 is 11.6 Å². The summed E-state index contributed by atoms with van der Waals surface area (Å²) in [5, 5.41) is 12.7. The number of rotatable bonds is 7. The molecule has 0 saturated heterocycles. The molecule has 0 saturated carbocycles. The van der Waals surface area contributed by atoms with Crippen molar-refractivity contribution in [3.63, 3.8) is 0 Å². The Morgan fingerprint density at radius 2 is 2.28 bits per heavy atom. The van der Waals surface area contributed by atoms with Crippen LogP contribution in [0.4, 0.5) is 0 Å². The fourth-order valence-corrected chi connectivity index (χ4v) is 4.64. The maximum atomic E-state index is 12.5. The van der Waals surface area contributed by atoms with E-state index in [1.54, 1.807) is 12.1 Å². The summed E-state index contributed by atoms with van der Waals surface area (Å²) in [6.07, 6.45) is 3.21. The summed E-state index contributed by atoms with van der Waals surface area (Å²) >= 11 is 6.13. The third kappa shape index (κ3) is 3.58. The maximum Gasteiger partial charge on any atom is 0.163 e. The summed E-state index contributed by atoms with van der Waals surface area (Å²) < 4.78 is 27.0. The first kappa shape index (κ1) is 18.0. The summed E-state index contributed by atoms with van der Waals surface area (Å²) in [4.78, 5) is 4.39. The highest BCUT2D eigenvalue weighted by molar-refractivity contribution is 7.91. The molecule has 0 amide bonds. The molecule has 2 N–H and O–H groups in total. The van der Waals surface area contributed by atoms with Crippen molar-refractivity contribution in [2.75, 3.05) is 25.4 Å². The first-order chi connectivity index (χ1) is 12.0. The van der Waals surface area contributed by atoms with Gasteiger partial charge in [0, 0.05) is 28.7 Å². The average molecular weight is 382 g/mol. The molecule has 0 spiro atoms. The molecule has 6 nitrogen and oxygen atoms in total. The van der Waals surface area contributed by atoms with Crippen molar-refractivity contribution < 1.29 is 13.5 Å². The van der Waals surface area contributed by atoms with Gasteiger partial charge < -0.3 is 15.0 Å². The van der Waals surface area contributed by atoms with Crippen molar-refractivity contribution in [1.29, 1.82) is 0 Å². The number of aromatic nitrogens is 1. The molecular formula is C17H20ClN3O3S. The molecule has 2 aromatic rings. The van der Waals surface area contributed by atoms with Crippen LogP contribution in [0.25, 0.3) is 10.9 Å². The van der Waals surface area contributed by atoms with Crippen molar-refractivity contribution in [3.8, 4) is 0 Å². The van der Waals surface area contributed by atoms with Crippen LogP contribution in [0.1, 0.15) is 10.8 Å². The fraction of sp³-hybridized carbons (Fsp3) is 0.353. The van der Waals surface area contributed by atoms with Gasteiger partial charge in [0.2, 0.25) is 0 Å². The van der Waals surface area contributed by atoms with Crippen LogP contribution in [-0.2, 0) is 16.4 Å². The van der Waals surface area contributed by atoms with Gasteiger partial charge in [-0.1, -0.05) is 17.7 Å². The van der Waals surface area contributed by atoms with Crippen LogP contribution in [0.5, 0.6) is 0 Å². The zero-order chi connectivity index (χ0) is 18.0. The molecule has 1 aliphatic rings. The Bertz CT molecular complexity index is 934. The smallest absolute Gasteiger partial charge is 0.163 e.